The second-order valence-electron chi connectivity index (χ2n) is 3.79. The molecule has 0 aliphatic carbocycles. The molecule has 0 atom stereocenters. The number of ether oxygens (including phenoxy) is 1. The first-order valence-corrected chi connectivity index (χ1v) is 5.72. The summed E-state index contributed by atoms with van der Waals surface area (Å²) >= 11 is 5.73. The maximum absolute atomic E-state index is 11.9. The summed E-state index contributed by atoms with van der Waals surface area (Å²) in [4.78, 5) is 11.9. The fourth-order valence-corrected chi connectivity index (χ4v) is 1.68. The fraction of sp³-hybridized carbons (Fsp3) is 0.0714. The molecular formula is C14H11ClO3. The minimum atomic E-state index is -0.635. The molecule has 92 valence electrons. The summed E-state index contributed by atoms with van der Waals surface area (Å²) in [7, 11) is 0. The van der Waals surface area contributed by atoms with Crippen LogP contribution in [0.4, 0.5) is 0 Å². The molecule has 1 N–H and O–H groups in total. The second-order valence-corrected chi connectivity index (χ2v) is 4.20. The molecule has 0 saturated carbocycles. The number of hydrogen-bond donors (Lipinski definition) is 1. The van der Waals surface area contributed by atoms with E-state index in [-0.39, 0.29) is 16.3 Å². The monoisotopic (exact) mass is 262 g/mol. The van der Waals surface area contributed by atoms with Crippen molar-refractivity contribution in [3.05, 3.63) is 58.6 Å². The number of halogens is 1. The van der Waals surface area contributed by atoms with E-state index in [1.807, 2.05) is 19.1 Å². The third-order valence-corrected chi connectivity index (χ3v) is 2.81. The number of carbonyl (C=O) groups is 1. The van der Waals surface area contributed by atoms with Crippen LogP contribution >= 0.6 is 11.6 Å². The summed E-state index contributed by atoms with van der Waals surface area (Å²) < 4.78 is 5.21. The Morgan fingerprint density at radius 2 is 1.89 bits per heavy atom. The Balaban J connectivity index is 2.28. The van der Waals surface area contributed by atoms with Crippen molar-refractivity contribution in [1.29, 1.82) is 0 Å². The number of esters is 1. The first kappa shape index (κ1) is 12.5. The summed E-state index contributed by atoms with van der Waals surface area (Å²) in [5, 5.41) is 9.80. The van der Waals surface area contributed by atoms with Crippen LogP contribution in [-0.2, 0) is 0 Å². The average molecular weight is 263 g/mol. The Hall–Kier alpha value is -2.00. The van der Waals surface area contributed by atoms with Crippen LogP contribution < -0.4 is 4.74 Å². The number of benzene rings is 2. The van der Waals surface area contributed by atoms with E-state index in [4.69, 9.17) is 16.3 Å². The van der Waals surface area contributed by atoms with Gasteiger partial charge in [0.2, 0.25) is 0 Å². The van der Waals surface area contributed by atoms with Crippen LogP contribution in [0, 0.1) is 6.92 Å². The van der Waals surface area contributed by atoms with Gasteiger partial charge >= 0.3 is 5.97 Å². The standard InChI is InChI=1S/C14H11ClO3/c1-9-5-2-3-8-12(9)18-14(17)10-6-4-7-11(15)13(10)16/h2-8,16H,1H3. The van der Waals surface area contributed by atoms with Crippen molar-refractivity contribution in [2.45, 2.75) is 6.92 Å². The fourth-order valence-electron chi connectivity index (χ4n) is 1.51. The molecule has 0 bridgehead atoms. The molecule has 4 heteroatoms. The molecule has 0 saturated heterocycles. The summed E-state index contributed by atoms with van der Waals surface area (Å²) in [5.41, 5.74) is 0.887. The van der Waals surface area contributed by atoms with Crippen LogP contribution in [0.1, 0.15) is 15.9 Å². The molecule has 2 rings (SSSR count). The van der Waals surface area contributed by atoms with Gasteiger partial charge in [-0.1, -0.05) is 35.9 Å². The highest BCUT2D eigenvalue weighted by Crippen LogP contribution is 2.28. The molecule has 0 aliphatic rings. The van der Waals surface area contributed by atoms with E-state index >= 15 is 0 Å². The predicted molar refractivity (Wildman–Crippen MR) is 69.3 cm³/mol. The highest BCUT2D eigenvalue weighted by molar-refractivity contribution is 6.32. The van der Waals surface area contributed by atoms with Gasteiger partial charge < -0.3 is 9.84 Å². The normalized spacial score (nSPS) is 10.1. The zero-order chi connectivity index (χ0) is 13.1. The van der Waals surface area contributed by atoms with Crippen molar-refractivity contribution in [2.75, 3.05) is 0 Å². The highest BCUT2D eigenvalue weighted by atomic mass is 35.5. The number of para-hydroxylation sites is 2. The van der Waals surface area contributed by atoms with E-state index in [9.17, 15) is 9.90 Å². The van der Waals surface area contributed by atoms with Gasteiger partial charge in [0.05, 0.1) is 5.02 Å². The SMILES string of the molecule is Cc1ccccc1OC(=O)c1cccc(Cl)c1O. The van der Waals surface area contributed by atoms with Gasteiger partial charge in [-0.25, -0.2) is 4.79 Å². The van der Waals surface area contributed by atoms with E-state index in [0.29, 0.717) is 5.75 Å². The van der Waals surface area contributed by atoms with Crippen molar-refractivity contribution in [2.24, 2.45) is 0 Å². The van der Waals surface area contributed by atoms with Crippen LogP contribution in [0.25, 0.3) is 0 Å². The van der Waals surface area contributed by atoms with Crippen LogP contribution in [0.3, 0.4) is 0 Å². The van der Waals surface area contributed by atoms with Gasteiger partial charge in [-0.15, -0.1) is 0 Å². The van der Waals surface area contributed by atoms with E-state index in [1.165, 1.54) is 12.1 Å². The van der Waals surface area contributed by atoms with Gasteiger partial charge in [0, 0.05) is 0 Å². The van der Waals surface area contributed by atoms with Gasteiger partial charge in [-0.2, -0.15) is 0 Å². The number of aryl methyl sites for hydroxylation is 1. The molecule has 2 aromatic carbocycles. The molecule has 0 radical (unpaired) electrons. The van der Waals surface area contributed by atoms with E-state index in [1.54, 1.807) is 18.2 Å². The molecule has 0 fully saturated rings. The number of hydrogen-bond acceptors (Lipinski definition) is 3. The zero-order valence-corrected chi connectivity index (χ0v) is 10.4. The number of rotatable bonds is 2. The second kappa shape index (κ2) is 5.10. The first-order chi connectivity index (χ1) is 8.59. The number of aromatic hydroxyl groups is 1. The average Bonchev–Trinajstić information content (AvgIpc) is 2.35. The molecular weight excluding hydrogens is 252 g/mol. The lowest BCUT2D eigenvalue weighted by atomic mass is 10.2. The summed E-state index contributed by atoms with van der Waals surface area (Å²) in [6, 6.07) is 11.7. The lowest BCUT2D eigenvalue weighted by Gasteiger charge is -2.08. The van der Waals surface area contributed by atoms with Gasteiger partial charge in [-0.05, 0) is 30.7 Å². The summed E-state index contributed by atoms with van der Waals surface area (Å²) in [6.07, 6.45) is 0. The van der Waals surface area contributed by atoms with Crippen molar-refractivity contribution >= 4 is 17.6 Å². The lowest BCUT2D eigenvalue weighted by molar-refractivity contribution is 0.0730. The Morgan fingerprint density at radius 3 is 2.61 bits per heavy atom. The third kappa shape index (κ3) is 2.46. The maximum Gasteiger partial charge on any atom is 0.347 e. The predicted octanol–water partition coefficient (Wildman–Crippen LogP) is 3.57. The maximum atomic E-state index is 11.9. The number of phenols is 1. The van der Waals surface area contributed by atoms with E-state index in [2.05, 4.69) is 0 Å². The van der Waals surface area contributed by atoms with Gasteiger partial charge in [0.15, 0.2) is 0 Å². The molecule has 18 heavy (non-hydrogen) atoms. The van der Waals surface area contributed by atoms with Gasteiger partial charge in [0.25, 0.3) is 0 Å². The number of carbonyl (C=O) groups excluding carboxylic acids is 1. The molecule has 0 aliphatic heterocycles. The molecule has 0 aromatic heterocycles. The minimum absolute atomic E-state index is 0.0470. The lowest BCUT2D eigenvalue weighted by Crippen LogP contribution is -2.09. The van der Waals surface area contributed by atoms with Gasteiger partial charge in [0.1, 0.15) is 17.1 Å². The number of phenolic OH excluding ortho intramolecular Hbond substituents is 1. The van der Waals surface area contributed by atoms with Crippen LogP contribution in [0.2, 0.25) is 5.02 Å². The van der Waals surface area contributed by atoms with Crippen molar-refractivity contribution < 1.29 is 14.6 Å². The quantitative estimate of drug-likeness (QED) is 0.665. The molecule has 0 unspecified atom stereocenters. The summed E-state index contributed by atoms with van der Waals surface area (Å²) in [5.74, 6) is -0.441. The van der Waals surface area contributed by atoms with Crippen molar-refractivity contribution in [3.63, 3.8) is 0 Å². The smallest absolute Gasteiger partial charge is 0.347 e. The molecule has 0 amide bonds. The zero-order valence-electron chi connectivity index (χ0n) is 9.68. The Kier molecular flexibility index (Phi) is 3.53. The Labute approximate surface area is 110 Å². The van der Waals surface area contributed by atoms with Crippen LogP contribution in [-0.4, -0.2) is 11.1 Å². The Morgan fingerprint density at radius 1 is 1.17 bits per heavy atom. The molecule has 3 nitrogen and oxygen atoms in total. The molecule has 2 aromatic rings. The summed E-state index contributed by atoms with van der Waals surface area (Å²) in [6.45, 7) is 1.83. The van der Waals surface area contributed by atoms with Crippen molar-refractivity contribution in [1.82, 2.24) is 0 Å². The molecule has 0 spiro atoms. The first-order valence-electron chi connectivity index (χ1n) is 5.35. The minimum Gasteiger partial charge on any atom is -0.505 e. The van der Waals surface area contributed by atoms with E-state index < -0.39 is 5.97 Å². The largest absolute Gasteiger partial charge is 0.505 e. The Bertz CT molecular complexity index is 593. The molecule has 0 heterocycles. The van der Waals surface area contributed by atoms with Gasteiger partial charge in [-0.3, -0.25) is 0 Å². The topological polar surface area (TPSA) is 46.5 Å². The van der Waals surface area contributed by atoms with E-state index in [0.717, 1.165) is 5.56 Å². The van der Waals surface area contributed by atoms with Crippen molar-refractivity contribution in [3.8, 4) is 11.5 Å². The third-order valence-electron chi connectivity index (χ3n) is 2.50. The highest BCUT2D eigenvalue weighted by Gasteiger charge is 2.16. The van der Waals surface area contributed by atoms with Crippen LogP contribution in [0.15, 0.2) is 42.5 Å². The van der Waals surface area contributed by atoms with Crippen LogP contribution in [0.5, 0.6) is 11.5 Å².